The Morgan fingerprint density at radius 1 is 0.971 bits per heavy atom. The fourth-order valence-corrected chi connectivity index (χ4v) is 7.09. The number of aliphatic hydroxyl groups is 2. The van der Waals surface area contributed by atoms with E-state index in [1.165, 1.54) is 27.0 Å². The van der Waals surface area contributed by atoms with Crippen molar-refractivity contribution >= 4 is 17.9 Å². The van der Waals surface area contributed by atoms with Crippen molar-refractivity contribution < 1.29 is 43.2 Å². The molecular weight excluding hydrogens is 456 g/mol. The maximum Gasteiger partial charge on any atom is 0.303 e. The van der Waals surface area contributed by atoms with Crippen LogP contribution in [0.4, 0.5) is 0 Å². The van der Waals surface area contributed by atoms with Gasteiger partial charge in [-0.3, -0.25) is 14.4 Å². The average Bonchev–Trinajstić information content (AvgIpc) is 3.21. The summed E-state index contributed by atoms with van der Waals surface area (Å²) in [6, 6.07) is 1.67. The minimum atomic E-state index is -1.87. The van der Waals surface area contributed by atoms with Crippen molar-refractivity contribution in [2.24, 2.45) is 17.3 Å². The van der Waals surface area contributed by atoms with Gasteiger partial charge in [0, 0.05) is 50.5 Å². The van der Waals surface area contributed by atoms with Gasteiger partial charge in [-0.05, 0) is 38.3 Å². The zero-order chi connectivity index (χ0) is 26.1. The van der Waals surface area contributed by atoms with E-state index in [4.69, 9.17) is 18.6 Å². The van der Waals surface area contributed by atoms with Crippen LogP contribution in [-0.2, 0) is 40.6 Å². The standard InChI is InChI=1S/C26H34O9/c1-12-10-20(33-14(3)27)24(6)18-11-19-17(8-9-32-19)25(7,30)21(18)22(34-15(4)28)23(35-16(5)29)26(24,31)13(12)2/h8-9,18,20-23,30-31H,10-11H2,1-7H3/t18-,20-,21+,22+,23-,24+,25+,26-/m0/s1. The molecule has 3 aliphatic rings. The Hall–Kier alpha value is -2.65. The fourth-order valence-electron chi connectivity index (χ4n) is 7.09. The minimum Gasteiger partial charge on any atom is -0.469 e. The highest BCUT2D eigenvalue weighted by molar-refractivity contribution is 5.68. The van der Waals surface area contributed by atoms with Crippen LogP contribution >= 0.6 is 0 Å². The molecule has 192 valence electrons. The number of hydrogen-bond acceptors (Lipinski definition) is 9. The number of ether oxygens (including phenoxy) is 3. The molecule has 0 radical (unpaired) electrons. The van der Waals surface area contributed by atoms with Crippen LogP contribution in [0.25, 0.3) is 0 Å². The minimum absolute atomic E-state index is 0.288. The van der Waals surface area contributed by atoms with Crippen LogP contribution in [-0.4, -0.2) is 52.0 Å². The Morgan fingerprint density at radius 2 is 1.57 bits per heavy atom. The van der Waals surface area contributed by atoms with Gasteiger partial charge in [0.1, 0.15) is 23.6 Å². The molecule has 0 unspecified atom stereocenters. The van der Waals surface area contributed by atoms with Gasteiger partial charge in [0.2, 0.25) is 0 Å². The van der Waals surface area contributed by atoms with Crippen molar-refractivity contribution in [3.63, 3.8) is 0 Å². The highest BCUT2D eigenvalue weighted by Gasteiger charge is 2.75. The van der Waals surface area contributed by atoms with E-state index < -0.39 is 64.7 Å². The van der Waals surface area contributed by atoms with Crippen LogP contribution in [0, 0.1) is 17.3 Å². The summed E-state index contributed by atoms with van der Waals surface area (Å²) in [5.41, 5.74) is -2.82. The second-order valence-corrected chi connectivity index (χ2v) is 10.6. The van der Waals surface area contributed by atoms with Crippen LogP contribution in [0.3, 0.4) is 0 Å². The summed E-state index contributed by atoms with van der Waals surface area (Å²) < 4.78 is 23.0. The predicted molar refractivity (Wildman–Crippen MR) is 122 cm³/mol. The van der Waals surface area contributed by atoms with Crippen molar-refractivity contribution in [3.8, 4) is 0 Å². The number of hydrogen-bond donors (Lipinski definition) is 2. The summed E-state index contributed by atoms with van der Waals surface area (Å²) in [6.45, 7) is 10.7. The third-order valence-corrected chi connectivity index (χ3v) is 8.71. The van der Waals surface area contributed by atoms with Gasteiger partial charge in [0.05, 0.1) is 11.9 Å². The molecule has 0 aromatic carbocycles. The van der Waals surface area contributed by atoms with Crippen LogP contribution < -0.4 is 0 Å². The Balaban J connectivity index is 2.06. The molecule has 0 amide bonds. The van der Waals surface area contributed by atoms with Crippen LogP contribution in [0.15, 0.2) is 27.9 Å². The molecule has 1 heterocycles. The van der Waals surface area contributed by atoms with Crippen LogP contribution in [0.2, 0.25) is 0 Å². The van der Waals surface area contributed by atoms with Crippen molar-refractivity contribution in [3.05, 3.63) is 34.8 Å². The van der Waals surface area contributed by atoms with E-state index >= 15 is 0 Å². The van der Waals surface area contributed by atoms with Crippen LogP contribution in [0.5, 0.6) is 0 Å². The summed E-state index contributed by atoms with van der Waals surface area (Å²) >= 11 is 0. The second kappa shape index (κ2) is 8.20. The molecule has 1 saturated carbocycles. The Bertz CT molecular complexity index is 1100. The lowest BCUT2D eigenvalue weighted by Crippen LogP contribution is -2.78. The number of furan rings is 1. The molecule has 35 heavy (non-hydrogen) atoms. The lowest BCUT2D eigenvalue weighted by atomic mass is 9.42. The summed E-state index contributed by atoms with van der Waals surface area (Å²) in [7, 11) is 0. The smallest absolute Gasteiger partial charge is 0.303 e. The third-order valence-electron chi connectivity index (χ3n) is 8.71. The lowest BCUT2D eigenvalue weighted by molar-refractivity contribution is -0.301. The number of rotatable bonds is 3. The fraction of sp³-hybridized carbons (Fsp3) is 0.654. The number of carbonyl (C=O) groups is 3. The molecule has 0 aliphatic heterocycles. The largest absolute Gasteiger partial charge is 0.469 e. The van der Waals surface area contributed by atoms with Crippen molar-refractivity contribution in [1.29, 1.82) is 0 Å². The Labute approximate surface area is 204 Å². The van der Waals surface area contributed by atoms with E-state index in [1.807, 2.05) is 6.92 Å². The van der Waals surface area contributed by atoms with Crippen molar-refractivity contribution in [2.75, 3.05) is 0 Å². The lowest BCUT2D eigenvalue weighted by Gasteiger charge is -2.66. The maximum atomic E-state index is 12.6. The van der Waals surface area contributed by atoms with Gasteiger partial charge in [-0.15, -0.1) is 0 Å². The molecule has 1 aromatic rings. The summed E-state index contributed by atoms with van der Waals surface area (Å²) in [5.74, 6) is -2.69. The Kier molecular flexibility index (Phi) is 5.96. The van der Waals surface area contributed by atoms with Gasteiger partial charge in [-0.25, -0.2) is 0 Å². The van der Waals surface area contributed by atoms with E-state index in [0.29, 0.717) is 23.3 Å². The molecule has 9 heteroatoms. The molecular formula is C26H34O9. The molecule has 8 atom stereocenters. The first-order valence-electron chi connectivity index (χ1n) is 11.9. The molecule has 3 aliphatic carbocycles. The SMILES string of the molecule is CC(=O)O[C@@H]1[C@H]2[C@H](Cc3occc3[C@@]2(C)O)[C@]2(C)[C@@H](OC(C)=O)CC(C)=C(C)[C@]2(O)[C@H]1OC(C)=O. The average molecular weight is 491 g/mol. The Morgan fingerprint density at radius 3 is 2.14 bits per heavy atom. The zero-order valence-corrected chi connectivity index (χ0v) is 21.2. The summed E-state index contributed by atoms with van der Waals surface area (Å²) in [4.78, 5) is 36.8. The predicted octanol–water partition coefficient (Wildman–Crippen LogP) is 2.56. The highest BCUT2D eigenvalue weighted by atomic mass is 16.6. The number of esters is 3. The topological polar surface area (TPSA) is 132 Å². The third kappa shape index (κ3) is 3.46. The normalized spacial score (nSPS) is 40.2. The van der Waals surface area contributed by atoms with Crippen molar-refractivity contribution in [1.82, 2.24) is 0 Å². The van der Waals surface area contributed by atoms with E-state index in [0.717, 1.165) is 5.57 Å². The molecule has 0 spiro atoms. The van der Waals surface area contributed by atoms with Gasteiger partial charge in [0.25, 0.3) is 0 Å². The summed E-state index contributed by atoms with van der Waals surface area (Å²) in [5, 5.41) is 24.6. The molecule has 4 rings (SSSR count). The molecule has 1 fully saturated rings. The summed E-state index contributed by atoms with van der Waals surface area (Å²) in [6.07, 6.45) is -1.22. The zero-order valence-electron chi connectivity index (χ0n) is 21.2. The van der Waals surface area contributed by atoms with Gasteiger partial charge in [0.15, 0.2) is 6.10 Å². The first-order chi connectivity index (χ1) is 16.2. The first-order valence-corrected chi connectivity index (χ1v) is 11.9. The van der Waals surface area contributed by atoms with Gasteiger partial charge < -0.3 is 28.8 Å². The molecule has 0 bridgehead atoms. The van der Waals surface area contributed by atoms with Gasteiger partial charge >= 0.3 is 17.9 Å². The molecule has 2 N–H and O–H groups in total. The first kappa shape index (κ1) is 25.4. The monoisotopic (exact) mass is 490 g/mol. The van der Waals surface area contributed by atoms with E-state index in [9.17, 15) is 24.6 Å². The molecule has 1 aromatic heterocycles. The maximum absolute atomic E-state index is 12.6. The second-order valence-electron chi connectivity index (χ2n) is 10.6. The van der Waals surface area contributed by atoms with E-state index in [2.05, 4.69) is 0 Å². The quantitative estimate of drug-likeness (QED) is 0.373. The highest BCUT2D eigenvalue weighted by Crippen LogP contribution is 2.66. The number of fused-ring (bicyclic) bond motifs is 4. The van der Waals surface area contributed by atoms with Gasteiger partial charge in [-0.2, -0.15) is 0 Å². The van der Waals surface area contributed by atoms with E-state index in [1.54, 1.807) is 26.8 Å². The number of carbonyl (C=O) groups excluding carboxylic acids is 3. The molecule has 9 nitrogen and oxygen atoms in total. The van der Waals surface area contributed by atoms with Crippen LogP contribution in [0.1, 0.15) is 66.2 Å². The van der Waals surface area contributed by atoms with Crippen molar-refractivity contribution in [2.45, 2.75) is 90.8 Å². The molecule has 0 saturated heterocycles. The van der Waals surface area contributed by atoms with Gasteiger partial charge in [-0.1, -0.05) is 12.5 Å². The van der Waals surface area contributed by atoms with E-state index in [-0.39, 0.29) is 6.42 Å².